The van der Waals surface area contributed by atoms with Gasteiger partial charge in [0.05, 0.1) is 4.91 Å². The number of carbonyl (C=O) groups is 1. The van der Waals surface area contributed by atoms with Gasteiger partial charge in [-0.15, -0.1) is 0 Å². The standard InChI is InChI=1S/C15H21NOS2/c1-2-3-7-10-16-14(17)13(19-15(16)18)11-12-8-5-4-6-9-12/h4-5,11-12H,2-3,6-10H2,1H3. The SMILES string of the molecule is CCCCCN1C(=O)C(=CC2CC=CCC2)SC1=S. The first-order valence-corrected chi connectivity index (χ1v) is 8.35. The van der Waals surface area contributed by atoms with E-state index in [-0.39, 0.29) is 5.91 Å². The van der Waals surface area contributed by atoms with Crippen LogP contribution in [0.15, 0.2) is 23.1 Å². The minimum Gasteiger partial charge on any atom is -0.293 e. The summed E-state index contributed by atoms with van der Waals surface area (Å²) in [6, 6.07) is 0. The molecule has 0 aromatic rings. The van der Waals surface area contributed by atoms with Crippen molar-refractivity contribution in [3.05, 3.63) is 23.1 Å². The lowest BCUT2D eigenvalue weighted by atomic mass is 9.94. The molecule has 104 valence electrons. The van der Waals surface area contributed by atoms with Crippen molar-refractivity contribution in [1.29, 1.82) is 0 Å². The Labute approximate surface area is 125 Å². The fourth-order valence-corrected chi connectivity index (χ4v) is 3.78. The molecule has 0 aromatic carbocycles. The summed E-state index contributed by atoms with van der Waals surface area (Å²) in [7, 11) is 0. The molecule has 1 aliphatic carbocycles. The second-order valence-electron chi connectivity index (χ2n) is 5.11. The Balaban J connectivity index is 1.96. The lowest BCUT2D eigenvalue weighted by Crippen LogP contribution is -2.29. The highest BCUT2D eigenvalue weighted by Gasteiger charge is 2.31. The van der Waals surface area contributed by atoms with Gasteiger partial charge in [-0.25, -0.2) is 0 Å². The van der Waals surface area contributed by atoms with E-state index < -0.39 is 0 Å². The maximum atomic E-state index is 12.3. The summed E-state index contributed by atoms with van der Waals surface area (Å²) in [5.74, 6) is 0.635. The Bertz CT molecular complexity index is 414. The zero-order chi connectivity index (χ0) is 13.7. The van der Waals surface area contributed by atoms with Crippen LogP contribution in [0.2, 0.25) is 0 Å². The Kier molecular flexibility index (Phi) is 5.64. The van der Waals surface area contributed by atoms with Crippen molar-refractivity contribution in [3.63, 3.8) is 0 Å². The largest absolute Gasteiger partial charge is 0.293 e. The van der Waals surface area contributed by atoms with Crippen molar-refractivity contribution in [3.8, 4) is 0 Å². The van der Waals surface area contributed by atoms with E-state index in [1.807, 2.05) is 0 Å². The van der Waals surface area contributed by atoms with Crippen LogP contribution in [0.25, 0.3) is 0 Å². The van der Waals surface area contributed by atoms with Gasteiger partial charge in [-0.2, -0.15) is 0 Å². The Hall–Kier alpha value is -0.610. The monoisotopic (exact) mass is 295 g/mol. The van der Waals surface area contributed by atoms with E-state index >= 15 is 0 Å². The van der Waals surface area contributed by atoms with Crippen LogP contribution in [0, 0.1) is 5.92 Å². The van der Waals surface area contributed by atoms with Gasteiger partial charge in [0.25, 0.3) is 5.91 Å². The number of amides is 1. The quantitative estimate of drug-likeness (QED) is 0.327. The summed E-state index contributed by atoms with van der Waals surface area (Å²) in [6.07, 6.45) is 13.3. The molecule has 1 atom stereocenters. The molecule has 2 nitrogen and oxygen atoms in total. The molecule has 1 heterocycles. The normalized spacial score (nSPS) is 25.6. The maximum absolute atomic E-state index is 12.3. The summed E-state index contributed by atoms with van der Waals surface area (Å²) in [5.41, 5.74) is 0. The molecule has 0 bridgehead atoms. The van der Waals surface area contributed by atoms with Crippen molar-refractivity contribution in [1.82, 2.24) is 4.90 Å². The number of allylic oxidation sites excluding steroid dienone is 3. The number of rotatable bonds is 5. The van der Waals surface area contributed by atoms with Crippen LogP contribution in [0.5, 0.6) is 0 Å². The number of hydrogen-bond acceptors (Lipinski definition) is 3. The second-order valence-corrected chi connectivity index (χ2v) is 6.78. The van der Waals surface area contributed by atoms with Gasteiger partial charge in [-0.05, 0) is 31.6 Å². The highest BCUT2D eigenvalue weighted by Crippen LogP contribution is 2.34. The molecular formula is C15H21NOS2. The van der Waals surface area contributed by atoms with Crippen molar-refractivity contribution in [2.24, 2.45) is 5.92 Å². The first kappa shape index (κ1) is 14.8. The molecule has 0 radical (unpaired) electrons. The van der Waals surface area contributed by atoms with Crippen LogP contribution in [-0.4, -0.2) is 21.7 Å². The van der Waals surface area contributed by atoms with Crippen LogP contribution in [-0.2, 0) is 4.79 Å². The molecule has 1 aliphatic heterocycles. The van der Waals surface area contributed by atoms with Crippen LogP contribution >= 0.6 is 24.0 Å². The van der Waals surface area contributed by atoms with Gasteiger partial charge in [-0.3, -0.25) is 9.69 Å². The maximum Gasteiger partial charge on any atom is 0.265 e. The zero-order valence-corrected chi connectivity index (χ0v) is 13.1. The minimum absolute atomic E-state index is 0.126. The number of thioether (sulfide) groups is 1. The minimum atomic E-state index is 0.126. The van der Waals surface area contributed by atoms with Gasteiger partial charge in [0.15, 0.2) is 0 Å². The Morgan fingerprint density at radius 1 is 1.47 bits per heavy atom. The predicted octanol–water partition coefficient (Wildman–Crippen LogP) is 4.28. The summed E-state index contributed by atoms with van der Waals surface area (Å²) >= 11 is 6.80. The molecule has 2 aliphatic rings. The summed E-state index contributed by atoms with van der Waals surface area (Å²) < 4.78 is 0.735. The number of unbranched alkanes of at least 4 members (excludes halogenated alkanes) is 2. The Morgan fingerprint density at radius 3 is 3.00 bits per heavy atom. The van der Waals surface area contributed by atoms with E-state index in [9.17, 15) is 4.79 Å². The first-order chi connectivity index (χ1) is 9.22. The topological polar surface area (TPSA) is 20.3 Å². The third-order valence-electron chi connectivity index (χ3n) is 3.56. The Morgan fingerprint density at radius 2 is 2.32 bits per heavy atom. The molecule has 1 fully saturated rings. The molecule has 0 spiro atoms. The smallest absolute Gasteiger partial charge is 0.265 e. The van der Waals surface area contributed by atoms with Crippen molar-refractivity contribution >= 4 is 34.2 Å². The van der Waals surface area contributed by atoms with Gasteiger partial charge < -0.3 is 0 Å². The van der Waals surface area contributed by atoms with Crippen molar-refractivity contribution in [2.45, 2.75) is 45.4 Å². The molecule has 4 heteroatoms. The molecule has 1 saturated heterocycles. The third kappa shape index (κ3) is 3.93. The van der Waals surface area contributed by atoms with E-state index in [1.165, 1.54) is 18.2 Å². The van der Waals surface area contributed by atoms with Crippen molar-refractivity contribution < 1.29 is 4.79 Å². The third-order valence-corrected chi connectivity index (χ3v) is 4.95. The molecule has 0 N–H and O–H groups in total. The van der Waals surface area contributed by atoms with Crippen LogP contribution < -0.4 is 0 Å². The zero-order valence-electron chi connectivity index (χ0n) is 11.4. The van der Waals surface area contributed by atoms with Crippen LogP contribution in [0.4, 0.5) is 0 Å². The van der Waals surface area contributed by atoms with E-state index in [4.69, 9.17) is 12.2 Å². The molecular weight excluding hydrogens is 274 g/mol. The molecule has 2 rings (SSSR count). The molecule has 1 amide bonds. The van der Waals surface area contributed by atoms with E-state index in [1.54, 1.807) is 4.90 Å². The molecule has 1 unspecified atom stereocenters. The average Bonchev–Trinajstić information content (AvgIpc) is 2.68. The van der Waals surface area contributed by atoms with E-state index in [2.05, 4.69) is 25.2 Å². The fraction of sp³-hybridized carbons (Fsp3) is 0.600. The summed E-state index contributed by atoms with van der Waals surface area (Å²) in [6.45, 7) is 2.95. The van der Waals surface area contributed by atoms with E-state index in [0.29, 0.717) is 5.92 Å². The first-order valence-electron chi connectivity index (χ1n) is 7.13. The number of carbonyl (C=O) groups excluding carboxylic acids is 1. The molecule has 0 saturated carbocycles. The van der Waals surface area contributed by atoms with Gasteiger partial charge in [0.1, 0.15) is 4.32 Å². The number of thiocarbonyl (C=S) groups is 1. The summed E-state index contributed by atoms with van der Waals surface area (Å²) in [4.78, 5) is 14.9. The lowest BCUT2D eigenvalue weighted by molar-refractivity contribution is -0.122. The van der Waals surface area contributed by atoms with Crippen LogP contribution in [0.1, 0.15) is 45.4 Å². The van der Waals surface area contributed by atoms with Crippen molar-refractivity contribution in [2.75, 3.05) is 6.54 Å². The fourth-order valence-electron chi connectivity index (χ4n) is 2.41. The average molecular weight is 295 g/mol. The van der Waals surface area contributed by atoms with Crippen LogP contribution in [0.3, 0.4) is 0 Å². The highest BCUT2D eigenvalue weighted by atomic mass is 32.2. The molecule has 19 heavy (non-hydrogen) atoms. The second kappa shape index (κ2) is 7.25. The number of hydrogen-bond donors (Lipinski definition) is 0. The van der Waals surface area contributed by atoms with E-state index in [0.717, 1.165) is 47.9 Å². The predicted molar refractivity (Wildman–Crippen MR) is 86.0 cm³/mol. The highest BCUT2D eigenvalue weighted by molar-refractivity contribution is 8.26. The van der Waals surface area contributed by atoms with Gasteiger partial charge >= 0.3 is 0 Å². The summed E-state index contributed by atoms with van der Waals surface area (Å²) in [5, 5.41) is 0. The van der Waals surface area contributed by atoms with Gasteiger partial charge in [0.2, 0.25) is 0 Å². The lowest BCUT2D eigenvalue weighted by Gasteiger charge is -2.15. The van der Waals surface area contributed by atoms with Gasteiger partial charge in [0, 0.05) is 6.54 Å². The molecule has 0 aromatic heterocycles. The van der Waals surface area contributed by atoms with Gasteiger partial charge in [-0.1, -0.05) is 62.0 Å². The number of nitrogens with zero attached hydrogens (tertiary/aromatic N) is 1.